The smallest absolute Gasteiger partial charge is 0.162 e. The molecule has 1 N–H and O–H groups in total. The lowest BCUT2D eigenvalue weighted by Gasteiger charge is -2.38. The van der Waals surface area contributed by atoms with Crippen molar-refractivity contribution < 1.29 is 4.79 Å². The van der Waals surface area contributed by atoms with E-state index in [9.17, 15) is 10.1 Å². The van der Waals surface area contributed by atoms with E-state index in [1.54, 1.807) is 0 Å². The number of thioether (sulfide) groups is 1. The molecule has 126 valence electrons. The summed E-state index contributed by atoms with van der Waals surface area (Å²) in [7, 11) is 0. The first-order valence-electron chi connectivity index (χ1n) is 8.19. The Bertz CT molecular complexity index is 853. The molecule has 4 nitrogen and oxygen atoms in total. The fourth-order valence-corrected chi connectivity index (χ4v) is 4.30. The summed E-state index contributed by atoms with van der Waals surface area (Å²) in [6.45, 7) is 4.17. The summed E-state index contributed by atoms with van der Waals surface area (Å²) in [4.78, 5) is 12.9. The minimum Gasteiger partial charge on any atom is -0.352 e. The van der Waals surface area contributed by atoms with Crippen LogP contribution in [-0.4, -0.2) is 11.5 Å². The molecule has 5 heteroatoms. The number of benzene rings is 1. The predicted molar refractivity (Wildman–Crippen MR) is 98.1 cm³/mol. The van der Waals surface area contributed by atoms with Crippen molar-refractivity contribution in [2.75, 3.05) is 5.75 Å². The van der Waals surface area contributed by atoms with Gasteiger partial charge in [0.2, 0.25) is 0 Å². The minimum absolute atomic E-state index is 0.102. The average Bonchev–Trinajstić information content (AvgIpc) is 2.58. The average molecular weight is 349 g/mol. The van der Waals surface area contributed by atoms with Gasteiger partial charge in [0.25, 0.3) is 0 Å². The van der Waals surface area contributed by atoms with Gasteiger partial charge in [-0.15, -0.1) is 0 Å². The predicted octanol–water partition coefficient (Wildman–Crippen LogP) is 4.01. The number of ketones is 1. The zero-order valence-electron chi connectivity index (χ0n) is 14.3. The number of nitrogens with zero attached hydrogens (tertiary/aromatic N) is 2. The highest BCUT2D eigenvalue weighted by Gasteiger charge is 2.41. The van der Waals surface area contributed by atoms with E-state index in [1.807, 2.05) is 30.3 Å². The van der Waals surface area contributed by atoms with Crippen LogP contribution in [0.25, 0.3) is 0 Å². The van der Waals surface area contributed by atoms with Crippen molar-refractivity contribution in [3.05, 3.63) is 57.8 Å². The van der Waals surface area contributed by atoms with E-state index in [0.29, 0.717) is 22.6 Å². The van der Waals surface area contributed by atoms with Crippen LogP contribution < -0.4 is 5.32 Å². The van der Waals surface area contributed by atoms with E-state index in [2.05, 4.69) is 31.3 Å². The van der Waals surface area contributed by atoms with Crippen LogP contribution in [0.15, 0.2) is 52.2 Å². The zero-order chi connectivity index (χ0) is 18.0. The maximum Gasteiger partial charge on any atom is 0.162 e. The molecule has 0 amide bonds. The van der Waals surface area contributed by atoms with Gasteiger partial charge in [-0.3, -0.25) is 4.79 Å². The Morgan fingerprint density at radius 1 is 1.24 bits per heavy atom. The van der Waals surface area contributed by atoms with Gasteiger partial charge in [-0.05, 0) is 17.4 Å². The van der Waals surface area contributed by atoms with Gasteiger partial charge < -0.3 is 5.32 Å². The number of hydrogen-bond acceptors (Lipinski definition) is 5. The number of Topliss-reactive ketones (excluding diaryl/α,β-unsaturated/α-hetero) is 1. The van der Waals surface area contributed by atoms with Crippen LogP contribution in [-0.2, 0) is 4.79 Å². The number of dihydropyridines is 1. The molecule has 2 aliphatic rings. The van der Waals surface area contributed by atoms with Gasteiger partial charge in [-0.25, -0.2) is 0 Å². The Labute approximate surface area is 152 Å². The quantitative estimate of drug-likeness (QED) is 0.892. The summed E-state index contributed by atoms with van der Waals surface area (Å²) < 4.78 is 0. The van der Waals surface area contributed by atoms with Crippen LogP contribution in [0.5, 0.6) is 0 Å². The van der Waals surface area contributed by atoms with Gasteiger partial charge in [-0.2, -0.15) is 10.5 Å². The molecule has 1 atom stereocenters. The van der Waals surface area contributed by atoms with Crippen LogP contribution >= 0.6 is 11.8 Å². The Balaban J connectivity index is 2.16. The lowest BCUT2D eigenvalue weighted by molar-refractivity contribution is -0.118. The van der Waals surface area contributed by atoms with Gasteiger partial charge in [0, 0.05) is 17.7 Å². The third-order valence-electron chi connectivity index (χ3n) is 4.54. The lowest BCUT2D eigenvalue weighted by Crippen LogP contribution is -2.36. The van der Waals surface area contributed by atoms with Crippen molar-refractivity contribution >= 4 is 17.5 Å². The van der Waals surface area contributed by atoms with E-state index in [0.717, 1.165) is 17.7 Å². The van der Waals surface area contributed by atoms with E-state index in [1.165, 1.54) is 11.8 Å². The van der Waals surface area contributed by atoms with Crippen LogP contribution in [0, 0.1) is 28.1 Å². The number of nitrogens with one attached hydrogen (secondary N) is 1. The normalized spacial score (nSPS) is 21.9. The second-order valence-electron chi connectivity index (χ2n) is 7.10. The topological polar surface area (TPSA) is 76.7 Å². The highest BCUT2D eigenvalue weighted by atomic mass is 32.2. The molecular weight excluding hydrogens is 330 g/mol. The van der Waals surface area contributed by atoms with Crippen molar-refractivity contribution in [2.45, 2.75) is 32.6 Å². The molecule has 0 spiro atoms. The standard InChI is InChI=1S/C20H19N3OS/c1-20(2)10-15-18(16(24)11-20)17(13-6-4-3-5-7-13)14(12-22)19(23-15)25-9-8-21/h3-7,17,23H,9-11H2,1-2H3. The molecule has 1 aromatic carbocycles. The van der Waals surface area contributed by atoms with Crippen molar-refractivity contribution in [3.8, 4) is 12.1 Å². The van der Waals surface area contributed by atoms with E-state index in [4.69, 9.17) is 5.26 Å². The summed E-state index contributed by atoms with van der Waals surface area (Å²) in [6.07, 6.45) is 1.24. The second kappa shape index (κ2) is 6.78. The Morgan fingerprint density at radius 2 is 1.96 bits per heavy atom. The molecule has 0 saturated heterocycles. The van der Waals surface area contributed by atoms with Crippen LogP contribution in [0.2, 0.25) is 0 Å². The fraction of sp³-hybridized carbons (Fsp3) is 0.350. The van der Waals surface area contributed by atoms with E-state index >= 15 is 0 Å². The number of carbonyl (C=O) groups is 1. The molecule has 0 radical (unpaired) electrons. The Kier molecular flexibility index (Phi) is 4.70. The Morgan fingerprint density at radius 3 is 2.60 bits per heavy atom. The van der Waals surface area contributed by atoms with Crippen LogP contribution in [0.1, 0.15) is 38.2 Å². The summed E-state index contributed by atoms with van der Waals surface area (Å²) in [5, 5.41) is 22.7. The molecule has 1 heterocycles. The monoisotopic (exact) mass is 349 g/mol. The molecule has 1 aromatic rings. The summed E-state index contributed by atoms with van der Waals surface area (Å²) >= 11 is 1.33. The molecule has 1 unspecified atom stereocenters. The first-order chi connectivity index (χ1) is 12.0. The Hall–Kier alpha value is -2.50. The van der Waals surface area contributed by atoms with Crippen LogP contribution in [0.4, 0.5) is 0 Å². The minimum atomic E-state index is -0.354. The van der Waals surface area contributed by atoms with Crippen LogP contribution in [0.3, 0.4) is 0 Å². The van der Waals surface area contributed by atoms with Gasteiger partial charge in [0.1, 0.15) is 0 Å². The molecular formula is C20H19N3OS. The van der Waals surface area contributed by atoms with Gasteiger partial charge >= 0.3 is 0 Å². The van der Waals surface area contributed by atoms with Gasteiger partial charge in [0.15, 0.2) is 5.78 Å². The third kappa shape index (κ3) is 3.34. The first-order valence-corrected chi connectivity index (χ1v) is 9.17. The van der Waals surface area contributed by atoms with E-state index in [-0.39, 0.29) is 22.9 Å². The molecule has 0 fully saturated rings. The number of carbonyl (C=O) groups excluding carboxylic acids is 1. The molecule has 3 rings (SSSR count). The zero-order valence-corrected chi connectivity index (χ0v) is 15.1. The molecule has 1 aliphatic heterocycles. The highest BCUT2D eigenvalue weighted by Crippen LogP contribution is 2.47. The fourth-order valence-electron chi connectivity index (χ4n) is 3.57. The molecule has 0 aromatic heterocycles. The third-order valence-corrected chi connectivity index (χ3v) is 5.42. The number of allylic oxidation sites excluding steroid dienone is 3. The van der Waals surface area contributed by atoms with Gasteiger partial charge in [-0.1, -0.05) is 55.9 Å². The lowest BCUT2D eigenvalue weighted by atomic mass is 9.69. The number of rotatable bonds is 3. The van der Waals surface area contributed by atoms with Crippen molar-refractivity contribution in [2.24, 2.45) is 5.41 Å². The maximum atomic E-state index is 12.9. The summed E-state index contributed by atoms with van der Waals surface area (Å²) in [5.41, 5.74) is 2.96. The highest BCUT2D eigenvalue weighted by molar-refractivity contribution is 8.03. The first kappa shape index (κ1) is 17.3. The van der Waals surface area contributed by atoms with Crippen molar-refractivity contribution in [3.63, 3.8) is 0 Å². The largest absolute Gasteiger partial charge is 0.352 e. The molecule has 1 aliphatic carbocycles. The maximum absolute atomic E-state index is 12.9. The number of hydrogen-bond donors (Lipinski definition) is 1. The second-order valence-corrected chi connectivity index (χ2v) is 8.09. The van der Waals surface area contributed by atoms with Crippen molar-refractivity contribution in [1.82, 2.24) is 5.32 Å². The summed E-state index contributed by atoms with van der Waals surface area (Å²) in [6, 6.07) is 14.1. The van der Waals surface area contributed by atoms with Gasteiger partial charge in [0.05, 0.1) is 34.4 Å². The summed E-state index contributed by atoms with van der Waals surface area (Å²) in [5.74, 6) is 0.00606. The SMILES string of the molecule is CC1(C)CC(=O)C2=C(C1)NC(SCC#N)=C(C#N)C2c1ccccc1. The molecule has 25 heavy (non-hydrogen) atoms. The van der Waals surface area contributed by atoms with E-state index < -0.39 is 0 Å². The molecule has 0 bridgehead atoms. The van der Waals surface area contributed by atoms with Crippen molar-refractivity contribution in [1.29, 1.82) is 10.5 Å². The molecule has 0 saturated carbocycles. The number of nitriles is 2.